The van der Waals surface area contributed by atoms with Crippen molar-refractivity contribution in [2.24, 2.45) is 0 Å². The van der Waals surface area contributed by atoms with Crippen LogP contribution in [0.1, 0.15) is 21.7 Å². The summed E-state index contributed by atoms with van der Waals surface area (Å²) in [5, 5.41) is 4.13. The van der Waals surface area contributed by atoms with Crippen LogP contribution >= 0.6 is 11.6 Å². The molecule has 0 aliphatic rings. The summed E-state index contributed by atoms with van der Waals surface area (Å²) in [7, 11) is 1.27. The van der Waals surface area contributed by atoms with Crippen molar-refractivity contribution in [3.8, 4) is 16.9 Å². The Balaban J connectivity index is 1.25. The van der Waals surface area contributed by atoms with Gasteiger partial charge in [0.05, 0.1) is 7.11 Å². The van der Waals surface area contributed by atoms with E-state index in [4.69, 9.17) is 25.5 Å². The number of halogens is 2. The smallest absolute Gasteiger partial charge is 0.328 e. The van der Waals surface area contributed by atoms with Crippen LogP contribution in [0.3, 0.4) is 0 Å². The molecule has 6 nitrogen and oxygen atoms in total. The van der Waals surface area contributed by atoms with Gasteiger partial charge in [0.2, 0.25) is 0 Å². The molecule has 0 saturated carbocycles. The Hall–Kier alpha value is -4.62. The van der Waals surface area contributed by atoms with Crippen LogP contribution in [0, 0.1) is 5.82 Å². The number of nitrogens with one attached hydrogen (secondary N) is 1. The highest BCUT2D eigenvalue weighted by atomic mass is 35.5. The zero-order valence-electron chi connectivity index (χ0n) is 21.5. The lowest BCUT2D eigenvalue weighted by atomic mass is 10.0. The number of fused-ring (bicyclic) bond motifs is 1. The summed E-state index contributed by atoms with van der Waals surface area (Å²) < 4.78 is 29.9. The number of carbonyl (C=O) groups is 2. The lowest BCUT2D eigenvalue weighted by Crippen LogP contribution is -2.42. The molecule has 0 bridgehead atoms. The van der Waals surface area contributed by atoms with E-state index in [0.717, 1.165) is 22.1 Å². The molecule has 0 radical (unpaired) electrons. The lowest BCUT2D eigenvalue weighted by Gasteiger charge is -2.16. The quantitative estimate of drug-likeness (QED) is 0.198. The zero-order chi connectivity index (χ0) is 28.1. The second-order valence-corrected chi connectivity index (χ2v) is 9.62. The molecule has 1 aromatic heterocycles. The van der Waals surface area contributed by atoms with E-state index in [0.29, 0.717) is 21.9 Å². The molecule has 8 heteroatoms. The minimum absolute atomic E-state index is 0.0817. The Bertz CT molecular complexity index is 1650. The summed E-state index contributed by atoms with van der Waals surface area (Å²) in [5.41, 5.74) is 3.92. The summed E-state index contributed by atoms with van der Waals surface area (Å²) in [6, 6.07) is 27.1. The Morgan fingerprint density at radius 3 is 2.38 bits per heavy atom. The van der Waals surface area contributed by atoms with Crippen LogP contribution in [-0.4, -0.2) is 25.0 Å². The lowest BCUT2D eigenvalue weighted by molar-refractivity contribution is -0.142. The fourth-order valence-corrected chi connectivity index (χ4v) is 4.41. The average Bonchev–Trinajstić information content (AvgIpc) is 3.40. The first kappa shape index (κ1) is 27.0. The van der Waals surface area contributed by atoms with E-state index < -0.39 is 17.9 Å². The predicted octanol–water partition coefficient (Wildman–Crippen LogP) is 6.99. The number of hydrogen-bond donors (Lipinski definition) is 1. The van der Waals surface area contributed by atoms with Crippen molar-refractivity contribution in [2.75, 3.05) is 7.11 Å². The van der Waals surface area contributed by atoms with Gasteiger partial charge in [0.15, 0.2) is 5.76 Å². The van der Waals surface area contributed by atoms with Gasteiger partial charge in [0, 0.05) is 16.8 Å². The topological polar surface area (TPSA) is 77.8 Å². The SMILES string of the molecule is COC(=O)C(Cc1ccc(OCc2cccc(F)c2)cc1)NC(=O)c1cc2ccc(-c3ccc(Cl)cc3)cc2o1. The minimum atomic E-state index is -0.936. The van der Waals surface area contributed by atoms with Gasteiger partial charge in [-0.1, -0.05) is 60.1 Å². The maximum atomic E-state index is 13.4. The number of ether oxygens (including phenoxy) is 2. The van der Waals surface area contributed by atoms with Crippen LogP contribution in [0.4, 0.5) is 4.39 Å². The molecule has 5 aromatic rings. The molecule has 1 N–H and O–H groups in total. The number of hydrogen-bond acceptors (Lipinski definition) is 5. The van der Waals surface area contributed by atoms with Gasteiger partial charge in [-0.2, -0.15) is 0 Å². The second-order valence-electron chi connectivity index (χ2n) is 9.19. The summed E-state index contributed by atoms with van der Waals surface area (Å²) in [4.78, 5) is 25.6. The standard InChI is InChI=1S/C32H25ClFNO5/c1-38-32(37)28(16-20-5-13-27(14-6-20)39-19-21-3-2-4-26(34)15-21)35-31(36)30-18-24-8-7-23(17-29(24)40-30)22-9-11-25(33)12-10-22/h2-15,17-18,28H,16,19H2,1H3,(H,35,36). The molecule has 0 spiro atoms. The number of amides is 1. The zero-order valence-corrected chi connectivity index (χ0v) is 22.3. The highest BCUT2D eigenvalue weighted by Crippen LogP contribution is 2.28. The van der Waals surface area contributed by atoms with E-state index in [-0.39, 0.29) is 24.6 Å². The van der Waals surface area contributed by atoms with E-state index in [1.807, 2.05) is 42.5 Å². The van der Waals surface area contributed by atoms with Crippen LogP contribution in [0.25, 0.3) is 22.1 Å². The maximum absolute atomic E-state index is 13.4. The fourth-order valence-electron chi connectivity index (χ4n) is 4.28. The van der Waals surface area contributed by atoms with Crippen molar-refractivity contribution in [1.29, 1.82) is 0 Å². The number of esters is 1. The second kappa shape index (κ2) is 12.1. The van der Waals surface area contributed by atoms with E-state index in [2.05, 4.69) is 5.32 Å². The molecule has 0 fully saturated rings. The average molecular weight is 558 g/mol. The van der Waals surface area contributed by atoms with E-state index in [9.17, 15) is 14.0 Å². The normalized spacial score (nSPS) is 11.7. The molecular weight excluding hydrogens is 533 g/mol. The monoisotopic (exact) mass is 557 g/mol. The first-order valence-electron chi connectivity index (χ1n) is 12.5. The van der Waals surface area contributed by atoms with Gasteiger partial charge in [-0.25, -0.2) is 9.18 Å². The number of furan rings is 1. The number of carbonyl (C=O) groups excluding carboxylic acids is 2. The number of rotatable bonds is 9. The van der Waals surface area contributed by atoms with Crippen molar-refractivity contribution in [1.82, 2.24) is 5.32 Å². The molecule has 0 aliphatic heterocycles. The van der Waals surface area contributed by atoms with E-state index in [1.165, 1.54) is 19.2 Å². The van der Waals surface area contributed by atoms with Gasteiger partial charge < -0.3 is 19.2 Å². The van der Waals surface area contributed by atoms with Gasteiger partial charge in [-0.15, -0.1) is 0 Å². The minimum Gasteiger partial charge on any atom is -0.489 e. The van der Waals surface area contributed by atoms with Crippen molar-refractivity contribution in [3.63, 3.8) is 0 Å². The Morgan fingerprint density at radius 2 is 1.65 bits per heavy atom. The van der Waals surface area contributed by atoms with Gasteiger partial charge >= 0.3 is 5.97 Å². The molecular formula is C32H25ClFNO5. The van der Waals surface area contributed by atoms with Crippen LogP contribution in [0.15, 0.2) is 101 Å². The van der Waals surface area contributed by atoms with E-state index in [1.54, 1.807) is 42.5 Å². The molecule has 5 rings (SSSR count). The van der Waals surface area contributed by atoms with Gasteiger partial charge in [0.1, 0.15) is 29.8 Å². The molecule has 202 valence electrons. The van der Waals surface area contributed by atoms with Gasteiger partial charge in [-0.3, -0.25) is 4.79 Å². The Morgan fingerprint density at radius 1 is 0.900 bits per heavy atom. The van der Waals surface area contributed by atoms with Crippen molar-refractivity contribution in [3.05, 3.63) is 125 Å². The first-order chi connectivity index (χ1) is 19.4. The number of benzene rings is 4. The maximum Gasteiger partial charge on any atom is 0.328 e. The van der Waals surface area contributed by atoms with Gasteiger partial charge in [0.25, 0.3) is 5.91 Å². The highest BCUT2D eigenvalue weighted by Gasteiger charge is 2.24. The largest absolute Gasteiger partial charge is 0.489 e. The third-order valence-electron chi connectivity index (χ3n) is 6.37. The summed E-state index contributed by atoms with van der Waals surface area (Å²) in [6.45, 7) is 0.219. The Labute approximate surface area is 235 Å². The summed E-state index contributed by atoms with van der Waals surface area (Å²) in [6.07, 6.45) is 0.198. The number of methoxy groups -OCH3 is 1. The molecule has 1 atom stereocenters. The van der Waals surface area contributed by atoms with Gasteiger partial charge in [-0.05, 0) is 70.8 Å². The third-order valence-corrected chi connectivity index (χ3v) is 6.62. The van der Waals surface area contributed by atoms with Crippen molar-refractivity contribution >= 4 is 34.4 Å². The van der Waals surface area contributed by atoms with Crippen molar-refractivity contribution < 1.29 is 27.9 Å². The first-order valence-corrected chi connectivity index (χ1v) is 12.9. The van der Waals surface area contributed by atoms with Crippen LogP contribution in [0.5, 0.6) is 5.75 Å². The van der Waals surface area contributed by atoms with E-state index >= 15 is 0 Å². The van der Waals surface area contributed by atoms with Crippen LogP contribution in [-0.2, 0) is 22.6 Å². The summed E-state index contributed by atoms with van der Waals surface area (Å²) >= 11 is 5.99. The molecule has 0 saturated heterocycles. The van der Waals surface area contributed by atoms with Crippen molar-refractivity contribution in [2.45, 2.75) is 19.1 Å². The fraction of sp³-hybridized carbons (Fsp3) is 0.125. The molecule has 4 aromatic carbocycles. The molecule has 1 heterocycles. The molecule has 0 aliphatic carbocycles. The van der Waals surface area contributed by atoms with Crippen LogP contribution < -0.4 is 10.1 Å². The van der Waals surface area contributed by atoms with Crippen LogP contribution in [0.2, 0.25) is 5.02 Å². The summed E-state index contributed by atoms with van der Waals surface area (Å²) in [5.74, 6) is -0.765. The Kier molecular flexibility index (Phi) is 8.12. The predicted molar refractivity (Wildman–Crippen MR) is 151 cm³/mol. The molecule has 1 unspecified atom stereocenters. The highest BCUT2D eigenvalue weighted by molar-refractivity contribution is 6.30. The molecule has 40 heavy (non-hydrogen) atoms. The third kappa shape index (κ3) is 6.50. The molecule has 1 amide bonds.